The van der Waals surface area contributed by atoms with Crippen LogP contribution >= 0.6 is 0 Å². The molecule has 0 spiro atoms. The lowest BCUT2D eigenvalue weighted by Gasteiger charge is -2.52. The summed E-state index contributed by atoms with van der Waals surface area (Å²) in [5.74, 6) is 1.03. The number of hydrogen-bond acceptors (Lipinski definition) is 5. The summed E-state index contributed by atoms with van der Waals surface area (Å²) < 4.78 is 5.43. The minimum absolute atomic E-state index is 0.104. The van der Waals surface area contributed by atoms with Gasteiger partial charge in [0.2, 0.25) is 0 Å². The van der Waals surface area contributed by atoms with Crippen molar-refractivity contribution in [2.24, 2.45) is 22.4 Å². The molecule has 0 heterocycles. The first kappa shape index (κ1) is 21.6. The van der Waals surface area contributed by atoms with Crippen molar-refractivity contribution in [1.82, 2.24) is 0 Å². The maximum atomic E-state index is 13.0. The first-order chi connectivity index (χ1) is 15.4. The number of carbonyl (C=O) groups excluding carboxylic acids is 1. The molecular formula is C27H33NO4. The van der Waals surface area contributed by atoms with E-state index in [9.17, 15) is 9.90 Å². The Morgan fingerprint density at radius 1 is 1.19 bits per heavy atom. The number of methoxy groups -OCH3 is 1. The van der Waals surface area contributed by atoms with E-state index in [1.54, 1.807) is 12.7 Å². The van der Waals surface area contributed by atoms with Crippen LogP contribution in [0.4, 0.5) is 0 Å². The second-order valence-corrected chi connectivity index (χ2v) is 10.4. The van der Waals surface area contributed by atoms with Crippen LogP contribution in [0.2, 0.25) is 0 Å². The summed E-state index contributed by atoms with van der Waals surface area (Å²) in [7, 11) is 1.69. The molecule has 2 N–H and O–H groups in total. The SMILES string of the molecule is COC[C@]1(O)CC[C@H]2[C@@H]3CCC4=CC(=O)C(c5ccc(C=NO)cc5)CC4=C3CC[C@@]21C. The van der Waals surface area contributed by atoms with Crippen LogP contribution < -0.4 is 0 Å². The number of nitrogens with zero attached hydrogens (tertiary/aromatic N) is 1. The Kier molecular flexibility index (Phi) is 5.37. The Morgan fingerprint density at radius 3 is 2.69 bits per heavy atom. The van der Waals surface area contributed by atoms with Gasteiger partial charge in [0.15, 0.2) is 5.78 Å². The monoisotopic (exact) mass is 435 g/mol. The van der Waals surface area contributed by atoms with Gasteiger partial charge in [0.25, 0.3) is 0 Å². The molecule has 4 aliphatic carbocycles. The number of allylic oxidation sites excluding steroid dienone is 4. The van der Waals surface area contributed by atoms with E-state index in [1.165, 1.54) is 17.4 Å². The maximum absolute atomic E-state index is 13.0. The molecule has 32 heavy (non-hydrogen) atoms. The van der Waals surface area contributed by atoms with Crippen LogP contribution in [0.5, 0.6) is 0 Å². The Bertz CT molecular complexity index is 1010. The smallest absolute Gasteiger partial charge is 0.163 e. The lowest BCUT2D eigenvalue weighted by Crippen LogP contribution is -2.52. The fraction of sp³-hybridized carbons (Fsp3) is 0.556. The van der Waals surface area contributed by atoms with E-state index < -0.39 is 5.60 Å². The third kappa shape index (κ3) is 3.20. The standard InChI is InChI=1S/C27H33NO4/c1-26-11-9-20-21(24(26)10-12-27(26,30)16-32-2)8-7-19-13-25(29)23(14-22(19)20)18-5-3-17(4-6-18)15-28-31/h3-6,13,15,21,23-24,30-31H,7-12,14,16H2,1-2H3/t21-,23?,24+,26+,27-/m1/s1. The fourth-order valence-corrected chi connectivity index (χ4v) is 7.29. The van der Waals surface area contributed by atoms with E-state index in [0.717, 1.165) is 56.1 Å². The molecule has 1 unspecified atom stereocenters. The van der Waals surface area contributed by atoms with Gasteiger partial charge in [0, 0.05) is 12.5 Å². The highest BCUT2D eigenvalue weighted by atomic mass is 16.5. The average Bonchev–Trinajstić information content (AvgIpc) is 3.05. The third-order valence-corrected chi connectivity index (χ3v) is 9.09. The number of hydrogen-bond donors (Lipinski definition) is 2. The van der Waals surface area contributed by atoms with Crippen molar-refractivity contribution in [3.05, 3.63) is 58.2 Å². The number of benzene rings is 1. The van der Waals surface area contributed by atoms with Crippen LogP contribution in [-0.4, -0.2) is 41.6 Å². The second-order valence-electron chi connectivity index (χ2n) is 10.4. The van der Waals surface area contributed by atoms with E-state index in [0.29, 0.717) is 18.4 Å². The molecule has 0 amide bonds. The van der Waals surface area contributed by atoms with Gasteiger partial charge in [-0.25, -0.2) is 0 Å². The molecular weight excluding hydrogens is 402 g/mol. The first-order valence-electron chi connectivity index (χ1n) is 11.9. The number of ether oxygens (including phenoxy) is 1. The van der Waals surface area contributed by atoms with Crippen LogP contribution in [0.3, 0.4) is 0 Å². The fourth-order valence-electron chi connectivity index (χ4n) is 7.29. The first-order valence-corrected chi connectivity index (χ1v) is 11.9. The Morgan fingerprint density at radius 2 is 1.97 bits per heavy atom. The van der Waals surface area contributed by atoms with Crippen LogP contribution in [0.15, 0.2) is 52.2 Å². The molecule has 2 fully saturated rings. The highest BCUT2D eigenvalue weighted by Gasteiger charge is 2.60. The van der Waals surface area contributed by atoms with E-state index in [-0.39, 0.29) is 17.1 Å². The van der Waals surface area contributed by atoms with Gasteiger partial charge in [-0.05, 0) is 85.1 Å². The van der Waals surface area contributed by atoms with E-state index in [2.05, 4.69) is 12.1 Å². The highest BCUT2D eigenvalue weighted by Crippen LogP contribution is 2.63. The van der Waals surface area contributed by atoms with Crippen molar-refractivity contribution < 1.29 is 19.8 Å². The van der Waals surface area contributed by atoms with Crippen LogP contribution in [0.25, 0.3) is 0 Å². The molecule has 1 aromatic rings. The summed E-state index contributed by atoms with van der Waals surface area (Å²) in [4.78, 5) is 13.0. The normalized spacial score (nSPS) is 36.7. The van der Waals surface area contributed by atoms with Gasteiger partial charge in [-0.15, -0.1) is 0 Å². The zero-order chi connectivity index (χ0) is 22.5. The summed E-state index contributed by atoms with van der Waals surface area (Å²) in [6, 6.07) is 7.74. The molecule has 5 nitrogen and oxygen atoms in total. The van der Waals surface area contributed by atoms with Crippen LogP contribution in [0.1, 0.15) is 68.9 Å². The minimum Gasteiger partial charge on any atom is -0.411 e. The number of oxime groups is 1. The zero-order valence-corrected chi connectivity index (χ0v) is 19.0. The van der Waals surface area contributed by atoms with E-state index in [4.69, 9.17) is 9.94 Å². The molecule has 2 saturated carbocycles. The molecule has 5 heteroatoms. The summed E-state index contributed by atoms with van der Waals surface area (Å²) in [5.41, 5.74) is 5.20. The molecule has 1 aromatic carbocycles. The lowest BCUT2D eigenvalue weighted by atomic mass is 9.55. The summed E-state index contributed by atoms with van der Waals surface area (Å²) in [6.45, 7) is 2.69. The van der Waals surface area contributed by atoms with Gasteiger partial charge < -0.3 is 15.1 Å². The van der Waals surface area contributed by atoms with Crippen LogP contribution in [0, 0.1) is 17.3 Å². The number of fused-ring (bicyclic) bond motifs is 4. The summed E-state index contributed by atoms with van der Waals surface area (Å²) >= 11 is 0. The number of ketones is 1. The van der Waals surface area contributed by atoms with E-state index in [1.807, 2.05) is 30.3 Å². The van der Waals surface area contributed by atoms with Gasteiger partial charge in [0.05, 0.1) is 24.3 Å². The van der Waals surface area contributed by atoms with Crippen molar-refractivity contribution in [2.75, 3.05) is 13.7 Å². The van der Waals surface area contributed by atoms with Crippen molar-refractivity contribution in [2.45, 2.75) is 63.4 Å². The van der Waals surface area contributed by atoms with Gasteiger partial charge in [0.1, 0.15) is 0 Å². The second kappa shape index (κ2) is 7.96. The third-order valence-electron chi connectivity index (χ3n) is 9.09. The molecule has 0 bridgehead atoms. The molecule has 0 radical (unpaired) electrons. The van der Waals surface area contributed by atoms with Gasteiger partial charge in [-0.1, -0.05) is 41.9 Å². The largest absolute Gasteiger partial charge is 0.411 e. The maximum Gasteiger partial charge on any atom is 0.163 e. The minimum atomic E-state index is -0.733. The van der Waals surface area contributed by atoms with Gasteiger partial charge in [-0.3, -0.25) is 4.79 Å². The summed E-state index contributed by atoms with van der Waals surface area (Å²) in [6.07, 6.45) is 9.96. The Balaban J connectivity index is 1.46. The van der Waals surface area contributed by atoms with E-state index >= 15 is 0 Å². The number of aliphatic hydroxyl groups is 1. The molecule has 5 rings (SSSR count). The predicted molar refractivity (Wildman–Crippen MR) is 123 cm³/mol. The lowest BCUT2D eigenvalue weighted by molar-refractivity contribution is -0.125. The van der Waals surface area contributed by atoms with Crippen molar-refractivity contribution >= 4 is 12.0 Å². The topological polar surface area (TPSA) is 79.1 Å². The molecule has 0 aromatic heterocycles. The van der Waals surface area contributed by atoms with Gasteiger partial charge >= 0.3 is 0 Å². The zero-order valence-electron chi connectivity index (χ0n) is 19.0. The number of carbonyl (C=O) groups is 1. The van der Waals surface area contributed by atoms with Crippen molar-refractivity contribution in [3.8, 4) is 0 Å². The average molecular weight is 436 g/mol. The van der Waals surface area contributed by atoms with Crippen LogP contribution in [-0.2, 0) is 9.53 Å². The molecule has 170 valence electrons. The molecule has 0 aliphatic heterocycles. The quantitative estimate of drug-likeness (QED) is 0.406. The molecule has 0 saturated heterocycles. The van der Waals surface area contributed by atoms with Crippen molar-refractivity contribution in [1.29, 1.82) is 0 Å². The Labute approximate surface area is 189 Å². The van der Waals surface area contributed by atoms with Crippen molar-refractivity contribution in [3.63, 3.8) is 0 Å². The summed E-state index contributed by atoms with van der Waals surface area (Å²) in [5, 5.41) is 23.3. The number of rotatable bonds is 4. The molecule has 4 aliphatic rings. The Hall–Kier alpha value is -2.24. The molecule has 5 atom stereocenters. The predicted octanol–water partition coefficient (Wildman–Crippen LogP) is 4.77. The van der Waals surface area contributed by atoms with Gasteiger partial charge in [-0.2, -0.15) is 0 Å². The highest BCUT2D eigenvalue weighted by molar-refractivity contribution is 5.98.